The molecule has 0 aliphatic heterocycles. The van der Waals surface area contributed by atoms with E-state index >= 15 is 0 Å². The van der Waals surface area contributed by atoms with Crippen LogP contribution in [0.25, 0.3) is 33.5 Å². The summed E-state index contributed by atoms with van der Waals surface area (Å²) in [6, 6.07) is 16.3. The molecule has 4 heteroatoms. The average Bonchev–Trinajstić information content (AvgIpc) is 3.11. The van der Waals surface area contributed by atoms with Gasteiger partial charge in [0.25, 0.3) is 0 Å². The van der Waals surface area contributed by atoms with Gasteiger partial charge in [0.1, 0.15) is 11.6 Å². The summed E-state index contributed by atoms with van der Waals surface area (Å²) in [7, 11) is 0. The largest absolute Gasteiger partial charge is 0.361 e. The highest BCUT2D eigenvalue weighted by atomic mass is 16.5. The van der Waals surface area contributed by atoms with Crippen LogP contribution in [0.15, 0.2) is 53.1 Å². The molecule has 0 radical (unpaired) electrons. The Labute approximate surface area is 127 Å². The maximum atomic E-state index is 5.26. The number of nitrogens with one attached hydrogen (secondary N) is 1. The Balaban J connectivity index is 1.85. The molecule has 0 aliphatic carbocycles. The summed E-state index contributed by atoms with van der Waals surface area (Å²) in [6.45, 7) is 3.89. The highest BCUT2D eigenvalue weighted by Gasteiger charge is 2.13. The minimum Gasteiger partial charge on any atom is -0.361 e. The SMILES string of the molecule is Cc1noc(C)c1-c1ccc2nc(-c3ccccc3)[nH]c2c1. The van der Waals surface area contributed by atoms with Crippen molar-refractivity contribution in [3.8, 4) is 22.5 Å². The van der Waals surface area contributed by atoms with Crippen LogP contribution in [0, 0.1) is 13.8 Å². The van der Waals surface area contributed by atoms with E-state index in [1.807, 2.05) is 50.2 Å². The standard InChI is InChI=1S/C18H15N3O/c1-11-17(12(2)22-21-11)14-8-9-15-16(10-14)20-18(19-15)13-6-4-3-5-7-13/h3-10H,1-2H3,(H,19,20). The molecular weight excluding hydrogens is 274 g/mol. The maximum Gasteiger partial charge on any atom is 0.141 e. The van der Waals surface area contributed by atoms with E-state index in [1.54, 1.807) is 0 Å². The molecule has 0 spiro atoms. The molecule has 0 bridgehead atoms. The number of fused-ring (bicyclic) bond motifs is 1. The van der Waals surface area contributed by atoms with Gasteiger partial charge in [-0.05, 0) is 31.5 Å². The summed E-state index contributed by atoms with van der Waals surface area (Å²) >= 11 is 0. The first-order chi connectivity index (χ1) is 10.7. The predicted molar refractivity (Wildman–Crippen MR) is 86.5 cm³/mol. The number of aromatic amines is 1. The molecule has 0 amide bonds. The Morgan fingerprint density at radius 3 is 2.50 bits per heavy atom. The van der Waals surface area contributed by atoms with Crippen molar-refractivity contribution in [2.24, 2.45) is 0 Å². The first-order valence-electron chi connectivity index (χ1n) is 7.21. The van der Waals surface area contributed by atoms with Gasteiger partial charge in [-0.15, -0.1) is 0 Å². The third-order valence-electron chi connectivity index (χ3n) is 3.85. The highest BCUT2D eigenvalue weighted by molar-refractivity contribution is 5.85. The third-order valence-corrected chi connectivity index (χ3v) is 3.85. The van der Waals surface area contributed by atoms with E-state index in [4.69, 9.17) is 4.52 Å². The molecule has 2 heterocycles. The van der Waals surface area contributed by atoms with Gasteiger partial charge in [-0.25, -0.2) is 4.98 Å². The molecule has 4 rings (SSSR count). The number of rotatable bonds is 2. The lowest BCUT2D eigenvalue weighted by molar-refractivity contribution is 0.393. The minimum absolute atomic E-state index is 0.833. The van der Waals surface area contributed by atoms with Gasteiger partial charge in [-0.2, -0.15) is 0 Å². The molecule has 1 N–H and O–H groups in total. The smallest absolute Gasteiger partial charge is 0.141 e. The topological polar surface area (TPSA) is 54.7 Å². The maximum absolute atomic E-state index is 5.26. The number of aryl methyl sites for hydroxylation is 2. The molecule has 4 aromatic rings. The number of hydrogen-bond acceptors (Lipinski definition) is 3. The van der Waals surface area contributed by atoms with Gasteiger partial charge >= 0.3 is 0 Å². The molecule has 0 aliphatic rings. The molecule has 4 nitrogen and oxygen atoms in total. The van der Waals surface area contributed by atoms with Gasteiger partial charge in [-0.1, -0.05) is 41.6 Å². The zero-order valence-electron chi connectivity index (χ0n) is 12.4. The Morgan fingerprint density at radius 1 is 0.955 bits per heavy atom. The van der Waals surface area contributed by atoms with Crippen LogP contribution in [0.4, 0.5) is 0 Å². The van der Waals surface area contributed by atoms with Crippen molar-refractivity contribution in [1.82, 2.24) is 15.1 Å². The van der Waals surface area contributed by atoms with Crippen LogP contribution < -0.4 is 0 Å². The monoisotopic (exact) mass is 289 g/mol. The van der Waals surface area contributed by atoms with E-state index in [2.05, 4.69) is 27.3 Å². The summed E-state index contributed by atoms with van der Waals surface area (Å²) in [6.07, 6.45) is 0. The average molecular weight is 289 g/mol. The Morgan fingerprint density at radius 2 is 1.77 bits per heavy atom. The minimum atomic E-state index is 0.833. The van der Waals surface area contributed by atoms with E-state index in [0.29, 0.717) is 0 Å². The molecule has 2 aromatic carbocycles. The molecule has 0 saturated heterocycles. The fourth-order valence-corrected chi connectivity index (χ4v) is 2.79. The Hall–Kier alpha value is -2.88. The van der Waals surface area contributed by atoms with Crippen LogP contribution in [-0.2, 0) is 0 Å². The molecular formula is C18H15N3O. The second-order valence-corrected chi connectivity index (χ2v) is 5.38. The number of imidazole rings is 1. The summed E-state index contributed by atoms with van der Waals surface area (Å²) in [5.41, 5.74) is 6.09. The fraction of sp³-hybridized carbons (Fsp3) is 0.111. The van der Waals surface area contributed by atoms with Gasteiger partial charge in [0.2, 0.25) is 0 Å². The number of nitrogens with zero attached hydrogens (tertiary/aromatic N) is 2. The summed E-state index contributed by atoms with van der Waals surface area (Å²) in [4.78, 5) is 8.05. The quantitative estimate of drug-likeness (QED) is 0.591. The second kappa shape index (κ2) is 4.84. The van der Waals surface area contributed by atoms with Gasteiger partial charge in [0, 0.05) is 11.1 Å². The molecule has 0 unspecified atom stereocenters. The van der Waals surface area contributed by atoms with Crippen molar-refractivity contribution in [2.45, 2.75) is 13.8 Å². The van der Waals surface area contributed by atoms with E-state index in [0.717, 1.165) is 45.0 Å². The normalized spacial score (nSPS) is 11.2. The van der Waals surface area contributed by atoms with E-state index < -0.39 is 0 Å². The van der Waals surface area contributed by atoms with Crippen LogP contribution in [0.5, 0.6) is 0 Å². The molecule has 0 saturated carbocycles. The summed E-state index contributed by atoms with van der Waals surface area (Å²) in [5.74, 6) is 1.71. The molecule has 108 valence electrons. The predicted octanol–water partition coefficient (Wildman–Crippen LogP) is 4.50. The van der Waals surface area contributed by atoms with Crippen molar-refractivity contribution >= 4 is 11.0 Å². The Kier molecular flexibility index (Phi) is 2.82. The zero-order chi connectivity index (χ0) is 15.1. The van der Waals surface area contributed by atoms with Crippen molar-refractivity contribution in [3.05, 3.63) is 60.0 Å². The lowest BCUT2D eigenvalue weighted by atomic mass is 10.0. The number of H-pyrrole nitrogens is 1. The molecule has 0 fully saturated rings. The zero-order valence-corrected chi connectivity index (χ0v) is 12.4. The van der Waals surface area contributed by atoms with Crippen molar-refractivity contribution in [2.75, 3.05) is 0 Å². The first kappa shape index (κ1) is 12.8. The molecule has 2 aromatic heterocycles. The summed E-state index contributed by atoms with van der Waals surface area (Å²) in [5, 5.41) is 4.02. The third kappa shape index (κ3) is 2.00. The highest BCUT2D eigenvalue weighted by Crippen LogP contribution is 2.30. The van der Waals surface area contributed by atoms with Gasteiger partial charge in [0.15, 0.2) is 0 Å². The number of hydrogen-bond donors (Lipinski definition) is 1. The fourth-order valence-electron chi connectivity index (χ4n) is 2.79. The lowest BCUT2D eigenvalue weighted by Crippen LogP contribution is -1.82. The summed E-state index contributed by atoms with van der Waals surface area (Å²) < 4.78 is 5.26. The van der Waals surface area contributed by atoms with Crippen molar-refractivity contribution in [1.29, 1.82) is 0 Å². The lowest BCUT2D eigenvalue weighted by Gasteiger charge is -1.99. The van der Waals surface area contributed by atoms with Crippen LogP contribution in [0.2, 0.25) is 0 Å². The van der Waals surface area contributed by atoms with E-state index in [-0.39, 0.29) is 0 Å². The molecule has 0 atom stereocenters. The van der Waals surface area contributed by atoms with E-state index in [9.17, 15) is 0 Å². The first-order valence-corrected chi connectivity index (χ1v) is 7.21. The number of benzene rings is 2. The van der Waals surface area contributed by atoms with Crippen molar-refractivity contribution in [3.63, 3.8) is 0 Å². The van der Waals surface area contributed by atoms with Gasteiger partial charge < -0.3 is 9.51 Å². The van der Waals surface area contributed by atoms with E-state index in [1.165, 1.54) is 0 Å². The van der Waals surface area contributed by atoms with Gasteiger partial charge in [0.05, 0.1) is 16.7 Å². The van der Waals surface area contributed by atoms with Gasteiger partial charge in [-0.3, -0.25) is 0 Å². The second-order valence-electron chi connectivity index (χ2n) is 5.38. The van der Waals surface area contributed by atoms with Crippen LogP contribution in [0.1, 0.15) is 11.5 Å². The van der Waals surface area contributed by atoms with Crippen LogP contribution in [0.3, 0.4) is 0 Å². The Bertz CT molecular complexity index is 932. The van der Waals surface area contributed by atoms with Crippen LogP contribution >= 0.6 is 0 Å². The number of aromatic nitrogens is 3. The molecule has 22 heavy (non-hydrogen) atoms. The van der Waals surface area contributed by atoms with Crippen molar-refractivity contribution < 1.29 is 4.52 Å². The van der Waals surface area contributed by atoms with Crippen LogP contribution in [-0.4, -0.2) is 15.1 Å².